The van der Waals surface area contributed by atoms with Crippen molar-refractivity contribution in [3.05, 3.63) is 40.3 Å². The molecule has 0 unspecified atom stereocenters. The molecule has 0 amide bonds. The standard InChI is InChI=1S/C20H22ClFN8/c1-12-16(13(2)29(4)27-12)15-9-14(10-23)17(18(21)25-15)30-7-5-20(22,6-8-30)19-26-24-11-28(19)3/h9,11H,5-8H2,1-4H3. The minimum atomic E-state index is -1.56. The molecule has 1 aliphatic heterocycles. The van der Waals surface area contributed by atoms with Crippen LogP contribution in [0.25, 0.3) is 11.3 Å². The third kappa shape index (κ3) is 3.21. The van der Waals surface area contributed by atoms with E-state index in [4.69, 9.17) is 11.6 Å². The third-order valence-electron chi connectivity index (χ3n) is 5.82. The number of hydrogen-bond donors (Lipinski definition) is 0. The third-order valence-corrected chi connectivity index (χ3v) is 6.08. The van der Waals surface area contributed by atoms with Crippen LogP contribution in [0.1, 0.15) is 35.6 Å². The molecule has 4 heterocycles. The van der Waals surface area contributed by atoms with Gasteiger partial charge in [-0.15, -0.1) is 10.2 Å². The zero-order chi connectivity index (χ0) is 21.6. The quantitative estimate of drug-likeness (QED) is 0.595. The van der Waals surface area contributed by atoms with Crippen LogP contribution < -0.4 is 4.90 Å². The summed E-state index contributed by atoms with van der Waals surface area (Å²) in [4.78, 5) is 6.49. The maximum atomic E-state index is 15.5. The average molecular weight is 429 g/mol. The van der Waals surface area contributed by atoms with Crippen molar-refractivity contribution in [3.63, 3.8) is 0 Å². The fourth-order valence-corrected chi connectivity index (χ4v) is 4.48. The van der Waals surface area contributed by atoms with Crippen molar-refractivity contribution in [2.45, 2.75) is 32.4 Å². The van der Waals surface area contributed by atoms with Crippen LogP contribution in [0.5, 0.6) is 0 Å². The summed E-state index contributed by atoms with van der Waals surface area (Å²) in [5, 5.41) is 22.2. The van der Waals surface area contributed by atoms with Crippen molar-refractivity contribution in [2.75, 3.05) is 18.0 Å². The van der Waals surface area contributed by atoms with Gasteiger partial charge in [0.2, 0.25) is 0 Å². The van der Waals surface area contributed by atoms with Crippen molar-refractivity contribution in [1.82, 2.24) is 29.5 Å². The first-order valence-electron chi connectivity index (χ1n) is 9.64. The van der Waals surface area contributed by atoms with Gasteiger partial charge in [-0.1, -0.05) is 11.6 Å². The lowest BCUT2D eigenvalue weighted by Crippen LogP contribution is -2.42. The molecule has 0 radical (unpaired) electrons. The molecule has 0 spiro atoms. The van der Waals surface area contributed by atoms with Crippen molar-refractivity contribution in [1.29, 1.82) is 5.26 Å². The molecule has 30 heavy (non-hydrogen) atoms. The SMILES string of the molecule is Cc1nn(C)c(C)c1-c1cc(C#N)c(N2CCC(F)(c3nncn3C)CC2)c(Cl)n1. The van der Waals surface area contributed by atoms with Gasteiger partial charge in [0.15, 0.2) is 16.6 Å². The first-order chi connectivity index (χ1) is 14.2. The molecule has 8 nitrogen and oxygen atoms in total. The summed E-state index contributed by atoms with van der Waals surface area (Å²) in [5.41, 5.74) is 2.64. The molecule has 3 aromatic rings. The fraction of sp³-hybridized carbons (Fsp3) is 0.450. The van der Waals surface area contributed by atoms with Crippen molar-refractivity contribution in [2.24, 2.45) is 14.1 Å². The summed E-state index contributed by atoms with van der Waals surface area (Å²) in [6.45, 7) is 4.63. The molecule has 1 fully saturated rings. The molecular weight excluding hydrogens is 407 g/mol. The highest BCUT2D eigenvalue weighted by atomic mass is 35.5. The number of aryl methyl sites for hydroxylation is 3. The van der Waals surface area contributed by atoms with Gasteiger partial charge in [-0.25, -0.2) is 9.37 Å². The maximum Gasteiger partial charge on any atom is 0.173 e. The van der Waals surface area contributed by atoms with E-state index < -0.39 is 5.67 Å². The highest BCUT2D eigenvalue weighted by Gasteiger charge is 2.41. The monoisotopic (exact) mass is 428 g/mol. The van der Waals surface area contributed by atoms with Crippen molar-refractivity contribution < 1.29 is 4.39 Å². The average Bonchev–Trinajstić information content (AvgIpc) is 3.25. The maximum absolute atomic E-state index is 15.5. The van der Waals surface area contributed by atoms with Gasteiger partial charge in [-0.3, -0.25) is 4.68 Å². The topological polar surface area (TPSA) is 88.5 Å². The molecule has 0 aromatic carbocycles. The van der Waals surface area contributed by atoms with Gasteiger partial charge in [0.25, 0.3) is 0 Å². The molecule has 0 aliphatic carbocycles. The lowest BCUT2D eigenvalue weighted by molar-refractivity contribution is 0.109. The van der Waals surface area contributed by atoms with Crippen LogP contribution in [-0.4, -0.2) is 42.6 Å². The number of hydrogen-bond acceptors (Lipinski definition) is 6. The molecule has 0 N–H and O–H groups in total. The van der Waals surface area contributed by atoms with Gasteiger partial charge < -0.3 is 9.47 Å². The normalized spacial score (nSPS) is 16.0. The Morgan fingerprint density at radius 3 is 2.47 bits per heavy atom. The predicted octanol–water partition coefficient (Wildman–Crippen LogP) is 3.22. The Hall–Kier alpha value is -2.99. The number of nitrogens with zero attached hydrogens (tertiary/aromatic N) is 8. The number of halogens is 2. The van der Waals surface area contributed by atoms with Crippen LogP contribution in [0.15, 0.2) is 12.4 Å². The number of alkyl halides is 1. The first-order valence-corrected chi connectivity index (χ1v) is 10.0. The van der Waals surface area contributed by atoms with E-state index in [1.807, 2.05) is 25.8 Å². The second kappa shape index (κ2) is 7.36. The smallest absolute Gasteiger partial charge is 0.173 e. The van der Waals surface area contributed by atoms with Crippen LogP contribution in [0.2, 0.25) is 5.15 Å². The van der Waals surface area contributed by atoms with Gasteiger partial charge in [-0.2, -0.15) is 10.4 Å². The summed E-state index contributed by atoms with van der Waals surface area (Å²) in [5.74, 6) is 0.324. The summed E-state index contributed by atoms with van der Waals surface area (Å²) in [7, 11) is 3.60. The molecule has 1 aliphatic rings. The van der Waals surface area contributed by atoms with E-state index in [-0.39, 0.29) is 18.0 Å². The first kappa shape index (κ1) is 20.3. The molecular formula is C20H22ClFN8. The van der Waals surface area contributed by atoms with Crippen LogP contribution in [0.4, 0.5) is 10.1 Å². The van der Waals surface area contributed by atoms with Crippen molar-refractivity contribution >= 4 is 17.3 Å². The number of nitriles is 1. The van der Waals surface area contributed by atoms with E-state index in [9.17, 15) is 5.26 Å². The minimum Gasteiger partial charge on any atom is -0.368 e. The largest absolute Gasteiger partial charge is 0.368 e. The van der Waals surface area contributed by atoms with E-state index in [1.165, 1.54) is 6.33 Å². The predicted molar refractivity (Wildman–Crippen MR) is 111 cm³/mol. The summed E-state index contributed by atoms with van der Waals surface area (Å²) < 4.78 is 18.9. The van der Waals surface area contributed by atoms with E-state index >= 15 is 4.39 Å². The molecule has 4 rings (SSSR count). The number of anilines is 1. The molecule has 0 atom stereocenters. The number of piperidine rings is 1. The van der Waals surface area contributed by atoms with Gasteiger partial charge >= 0.3 is 0 Å². The Labute approximate surface area is 178 Å². The Balaban J connectivity index is 1.66. The summed E-state index contributed by atoms with van der Waals surface area (Å²) in [6.07, 6.45) is 1.95. The van der Waals surface area contributed by atoms with E-state index in [1.54, 1.807) is 22.4 Å². The van der Waals surface area contributed by atoms with Gasteiger partial charge in [-0.05, 0) is 19.9 Å². The highest BCUT2D eigenvalue weighted by Crippen LogP contribution is 2.40. The molecule has 1 saturated heterocycles. The van der Waals surface area contributed by atoms with E-state index in [2.05, 4.69) is 26.3 Å². The van der Waals surface area contributed by atoms with E-state index in [0.717, 1.165) is 17.0 Å². The van der Waals surface area contributed by atoms with Gasteiger partial charge in [0.1, 0.15) is 12.4 Å². The zero-order valence-corrected chi connectivity index (χ0v) is 18.1. The molecule has 0 saturated carbocycles. The van der Waals surface area contributed by atoms with E-state index in [0.29, 0.717) is 35.9 Å². The van der Waals surface area contributed by atoms with Gasteiger partial charge in [0, 0.05) is 51.3 Å². The number of rotatable bonds is 3. The number of pyridine rings is 1. The Morgan fingerprint density at radius 2 is 1.93 bits per heavy atom. The summed E-state index contributed by atoms with van der Waals surface area (Å²) >= 11 is 6.55. The highest BCUT2D eigenvalue weighted by molar-refractivity contribution is 6.32. The minimum absolute atomic E-state index is 0.225. The lowest BCUT2D eigenvalue weighted by atomic mass is 9.91. The van der Waals surface area contributed by atoms with Crippen LogP contribution in [-0.2, 0) is 19.8 Å². The van der Waals surface area contributed by atoms with Crippen LogP contribution >= 0.6 is 11.6 Å². The van der Waals surface area contributed by atoms with Crippen molar-refractivity contribution in [3.8, 4) is 17.3 Å². The summed E-state index contributed by atoms with van der Waals surface area (Å²) in [6, 6.07) is 3.97. The van der Waals surface area contributed by atoms with Crippen LogP contribution in [0.3, 0.4) is 0 Å². The second-order valence-electron chi connectivity index (χ2n) is 7.69. The fourth-order valence-electron chi connectivity index (χ4n) is 4.16. The Bertz CT molecular complexity index is 1150. The molecule has 156 valence electrons. The molecule has 10 heteroatoms. The zero-order valence-electron chi connectivity index (χ0n) is 17.3. The molecule has 0 bridgehead atoms. The number of aromatic nitrogens is 6. The lowest BCUT2D eigenvalue weighted by Gasteiger charge is -2.37. The van der Waals surface area contributed by atoms with Crippen LogP contribution in [0, 0.1) is 25.2 Å². The second-order valence-corrected chi connectivity index (χ2v) is 8.05. The Kier molecular flexibility index (Phi) is 4.98. The Morgan fingerprint density at radius 1 is 1.23 bits per heavy atom. The van der Waals surface area contributed by atoms with Gasteiger partial charge in [0.05, 0.1) is 22.6 Å². The molecule has 3 aromatic heterocycles.